The van der Waals surface area contributed by atoms with E-state index in [1.54, 1.807) is 0 Å². The number of carbonyl (C=O) groups is 2. The number of carbonyl (C=O) groups excluding carboxylic acids is 1. The highest BCUT2D eigenvalue weighted by Gasteiger charge is 2.29. The summed E-state index contributed by atoms with van der Waals surface area (Å²) in [5.41, 5.74) is 0. The summed E-state index contributed by atoms with van der Waals surface area (Å²) in [6, 6.07) is -0.924. The first-order chi connectivity index (χ1) is 9.86. The van der Waals surface area contributed by atoms with Gasteiger partial charge in [0.15, 0.2) is 9.84 Å². The van der Waals surface area contributed by atoms with Crippen molar-refractivity contribution in [1.29, 1.82) is 0 Å². The van der Waals surface area contributed by atoms with Crippen LogP contribution in [0.3, 0.4) is 0 Å². The number of hydrogen-bond donors (Lipinski definition) is 2. The van der Waals surface area contributed by atoms with Crippen LogP contribution in [-0.4, -0.2) is 42.4 Å². The van der Waals surface area contributed by atoms with Crippen molar-refractivity contribution in [3.05, 3.63) is 0 Å². The van der Waals surface area contributed by atoms with Crippen LogP contribution >= 0.6 is 0 Å². The van der Waals surface area contributed by atoms with Gasteiger partial charge in [-0.05, 0) is 19.3 Å². The largest absolute Gasteiger partial charge is 0.480 e. The molecule has 6 nitrogen and oxygen atoms in total. The standard InChI is InChI=1S/C14H25NO5S/c1-2-3-8-12(14(17)18)15-13(16)9-10-21(19,20)11-6-4-5-7-11/h11-12H,2-10H2,1H3,(H,15,16)(H,17,18). The molecule has 0 bridgehead atoms. The molecule has 1 rings (SSSR count). The second kappa shape index (κ2) is 8.36. The van der Waals surface area contributed by atoms with E-state index >= 15 is 0 Å². The average Bonchev–Trinajstić information content (AvgIpc) is 2.96. The van der Waals surface area contributed by atoms with Gasteiger partial charge in [-0.1, -0.05) is 32.6 Å². The first-order valence-electron chi connectivity index (χ1n) is 7.60. The molecule has 2 N–H and O–H groups in total. The molecule has 1 aliphatic rings. The van der Waals surface area contributed by atoms with Gasteiger partial charge in [-0.2, -0.15) is 0 Å². The zero-order chi connectivity index (χ0) is 15.9. The van der Waals surface area contributed by atoms with Crippen molar-refractivity contribution in [2.75, 3.05) is 5.75 Å². The Bertz CT molecular complexity index is 454. The molecule has 1 saturated carbocycles. The number of carboxylic acids is 1. The lowest BCUT2D eigenvalue weighted by Crippen LogP contribution is -2.41. The van der Waals surface area contributed by atoms with E-state index in [9.17, 15) is 18.0 Å². The predicted molar refractivity (Wildman–Crippen MR) is 79.8 cm³/mol. The summed E-state index contributed by atoms with van der Waals surface area (Å²) < 4.78 is 24.1. The van der Waals surface area contributed by atoms with E-state index in [1.807, 2.05) is 6.92 Å². The first kappa shape index (κ1) is 17.9. The fourth-order valence-electron chi connectivity index (χ4n) is 2.58. The molecule has 1 fully saturated rings. The van der Waals surface area contributed by atoms with E-state index < -0.39 is 27.8 Å². The molecule has 0 saturated heterocycles. The van der Waals surface area contributed by atoms with Crippen LogP contribution in [0.4, 0.5) is 0 Å². The van der Waals surface area contributed by atoms with Gasteiger partial charge in [0, 0.05) is 6.42 Å². The molecule has 0 aromatic rings. The molecule has 0 heterocycles. The Labute approximate surface area is 126 Å². The molecule has 122 valence electrons. The Morgan fingerprint density at radius 1 is 1.29 bits per heavy atom. The number of sulfone groups is 1. The quantitative estimate of drug-likeness (QED) is 0.670. The van der Waals surface area contributed by atoms with Gasteiger partial charge in [0.2, 0.25) is 5.91 Å². The topological polar surface area (TPSA) is 101 Å². The monoisotopic (exact) mass is 319 g/mol. The lowest BCUT2D eigenvalue weighted by molar-refractivity contribution is -0.142. The molecule has 0 radical (unpaired) electrons. The van der Waals surface area contributed by atoms with Gasteiger partial charge in [0.25, 0.3) is 0 Å². The molecular formula is C14H25NO5S. The van der Waals surface area contributed by atoms with Gasteiger partial charge in [0.1, 0.15) is 6.04 Å². The molecule has 21 heavy (non-hydrogen) atoms. The Morgan fingerprint density at radius 3 is 2.43 bits per heavy atom. The maximum Gasteiger partial charge on any atom is 0.326 e. The second-order valence-corrected chi connectivity index (χ2v) is 8.02. The predicted octanol–water partition coefficient (Wildman–Crippen LogP) is 1.49. The van der Waals surface area contributed by atoms with Gasteiger partial charge in [-0.25, -0.2) is 13.2 Å². The number of nitrogens with one attached hydrogen (secondary N) is 1. The molecule has 1 atom stereocenters. The number of rotatable bonds is 9. The lowest BCUT2D eigenvalue weighted by atomic mass is 10.1. The number of amides is 1. The fourth-order valence-corrected chi connectivity index (χ4v) is 4.44. The van der Waals surface area contributed by atoms with E-state index in [0.717, 1.165) is 19.3 Å². The Balaban J connectivity index is 2.43. The van der Waals surface area contributed by atoms with E-state index in [0.29, 0.717) is 25.7 Å². The summed E-state index contributed by atoms with van der Waals surface area (Å²) in [5.74, 6) is -1.76. The molecule has 1 amide bonds. The Hall–Kier alpha value is -1.11. The summed E-state index contributed by atoms with van der Waals surface area (Å²) in [6.45, 7) is 1.94. The van der Waals surface area contributed by atoms with E-state index in [4.69, 9.17) is 5.11 Å². The van der Waals surface area contributed by atoms with Crippen molar-refractivity contribution in [2.45, 2.75) is 69.6 Å². The minimum Gasteiger partial charge on any atom is -0.480 e. The van der Waals surface area contributed by atoms with Crippen molar-refractivity contribution >= 4 is 21.7 Å². The van der Waals surface area contributed by atoms with Crippen LogP contribution in [0.25, 0.3) is 0 Å². The highest BCUT2D eigenvalue weighted by molar-refractivity contribution is 7.92. The highest BCUT2D eigenvalue weighted by atomic mass is 32.2. The van der Waals surface area contributed by atoms with Crippen LogP contribution in [-0.2, 0) is 19.4 Å². The first-order valence-corrected chi connectivity index (χ1v) is 9.32. The summed E-state index contributed by atoms with van der Waals surface area (Å²) in [5, 5.41) is 11.1. The zero-order valence-corrected chi connectivity index (χ0v) is 13.3. The molecule has 0 aromatic carbocycles. The van der Waals surface area contributed by atoms with Crippen molar-refractivity contribution in [2.24, 2.45) is 0 Å². The molecule has 1 unspecified atom stereocenters. The van der Waals surface area contributed by atoms with E-state index in [-0.39, 0.29) is 17.4 Å². The summed E-state index contributed by atoms with van der Waals surface area (Å²) in [6.07, 6.45) is 4.97. The molecule has 0 aliphatic heterocycles. The maximum absolute atomic E-state index is 12.0. The average molecular weight is 319 g/mol. The second-order valence-electron chi connectivity index (χ2n) is 5.62. The van der Waals surface area contributed by atoms with Gasteiger partial charge < -0.3 is 10.4 Å². The van der Waals surface area contributed by atoms with E-state index in [2.05, 4.69) is 5.32 Å². The van der Waals surface area contributed by atoms with Crippen LogP contribution in [0.1, 0.15) is 58.3 Å². The number of aliphatic carboxylic acids is 1. The molecule has 0 aromatic heterocycles. The normalized spacial score (nSPS) is 17.6. The summed E-state index contributed by atoms with van der Waals surface area (Å²) in [4.78, 5) is 22.8. The van der Waals surface area contributed by atoms with Crippen molar-refractivity contribution in [3.63, 3.8) is 0 Å². The van der Waals surface area contributed by atoms with E-state index in [1.165, 1.54) is 0 Å². The Kier molecular flexibility index (Phi) is 7.14. The van der Waals surface area contributed by atoms with Crippen molar-refractivity contribution in [3.8, 4) is 0 Å². The van der Waals surface area contributed by atoms with Crippen LogP contribution < -0.4 is 5.32 Å². The number of hydrogen-bond acceptors (Lipinski definition) is 4. The van der Waals surface area contributed by atoms with Crippen molar-refractivity contribution in [1.82, 2.24) is 5.32 Å². The fraction of sp³-hybridized carbons (Fsp3) is 0.857. The van der Waals surface area contributed by atoms with Gasteiger partial charge in [-0.3, -0.25) is 4.79 Å². The molecule has 0 spiro atoms. The molecular weight excluding hydrogens is 294 g/mol. The van der Waals surface area contributed by atoms with Crippen LogP contribution in [0, 0.1) is 0 Å². The Morgan fingerprint density at radius 2 is 1.90 bits per heavy atom. The summed E-state index contributed by atoms with van der Waals surface area (Å²) in [7, 11) is -3.24. The zero-order valence-electron chi connectivity index (χ0n) is 12.5. The third kappa shape index (κ3) is 6.03. The van der Waals surface area contributed by atoms with Gasteiger partial charge in [-0.15, -0.1) is 0 Å². The maximum atomic E-state index is 12.0. The smallest absolute Gasteiger partial charge is 0.326 e. The third-order valence-corrected chi connectivity index (χ3v) is 6.16. The number of unbranched alkanes of at least 4 members (excludes halogenated alkanes) is 1. The summed E-state index contributed by atoms with van der Waals surface area (Å²) >= 11 is 0. The van der Waals surface area contributed by atoms with Crippen LogP contribution in [0.2, 0.25) is 0 Å². The highest BCUT2D eigenvalue weighted by Crippen LogP contribution is 2.25. The van der Waals surface area contributed by atoms with Gasteiger partial charge in [0.05, 0.1) is 11.0 Å². The van der Waals surface area contributed by atoms with Crippen LogP contribution in [0.15, 0.2) is 0 Å². The van der Waals surface area contributed by atoms with Crippen molar-refractivity contribution < 1.29 is 23.1 Å². The molecule has 1 aliphatic carbocycles. The molecule has 7 heteroatoms. The number of carboxylic acid groups (broad SMARTS) is 1. The van der Waals surface area contributed by atoms with Gasteiger partial charge >= 0.3 is 5.97 Å². The minimum absolute atomic E-state index is 0.158. The third-order valence-electron chi connectivity index (χ3n) is 3.90. The SMILES string of the molecule is CCCCC(NC(=O)CCS(=O)(=O)C1CCCC1)C(=O)O. The minimum atomic E-state index is -3.24. The van der Waals surface area contributed by atoms with Crippen LogP contribution in [0.5, 0.6) is 0 Å². The lowest BCUT2D eigenvalue weighted by Gasteiger charge is -2.15.